The molecule has 2 heterocycles. The molecule has 0 radical (unpaired) electrons. The van der Waals surface area contributed by atoms with Crippen molar-refractivity contribution >= 4 is 11.6 Å². The zero-order valence-electron chi connectivity index (χ0n) is 11.9. The summed E-state index contributed by atoms with van der Waals surface area (Å²) in [5.74, 6) is -1.59. The number of rotatable bonds is 5. The number of pyridine rings is 1. The van der Waals surface area contributed by atoms with Crippen molar-refractivity contribution in [1.29, 1.82) is 5.26 Å². The second-order valence-electron chi connectivity index (χ2n) is 5.25. The van der Waals surface area contributed by atoms with Crippen LogP contribution in [0.25, 0.3) is 5.82 Å². The van der Waals surface area contributed by atoms with E-state index in [-0.39, 0.29) is 11.7 Å². The average Bonchev–Trinajstić information content (AvgIpc) is 3.22. The minimum atomic E-state index is -1.23. The Morgan fingerprint density at radius 3 is 2.73 bits per heavy atom. The van der Waals surface area contributed by atoms with Gasteiger partial charge >= 0.3 is 0 Å². The lowest BCUT2D eigenvalue weighted by atomic mass is 9.92. The number of nitrogens with zero attached hydrogens (tertiary/aromatic N) is 5. The van der Waals surface area contributed by atoms with Crippen molar-refractivity contribution in [2.75, 3.05) is 0 Å². The molecule has 0 aliphatic heterocycles. The lowest BCUT2D eigenvalue weighted by Crippen LogP contribution is -2.25. The molecular weight excluding hydrogens is 282 g/mol. The van der Waals surface area contributed by atoms with Crippen molar-refractivity contribution in [3.63, 3.8) is 0 Å². The van der Waals surface area contributed by atoms with Gasteiger partial charge in [-0.05, 0) is 31.9 Å². The summed E-state index contributed by atoms with van der Waals surface area (Å²) in [6.45, 7) is 1.67. The number of ketones is 2. The van der Waals surface area contributed by atoms with Crippen LogP contribution in [0.4, 0.5) is 0 Å². The quantitative estimate of drug-likeness (QED) is 0.608. The Balaban J connectivity index is 1.89. The van der Waals surface area contributed by atoms with E-state index in [1.807, 2.05) is 6.07 Å². The third-order valence-electron chi connectivity index (χ3n) is 3.65. The lowest BCUT2D eigenvalue weighted by Gasteiger charge is -2.10. The Labute approximate surface area is 126 Å². The van der Waals surface area contributed by atoms with Gasteiger partial charge < -0.3 is 0 Å². The predicted octanol–water partition coefficient (Wildman–Crippen LogP) is 1.27. The SMILES string of the molecule is Cc1nc(-n2cncn2)ccc1C(=O)C(C#N)C(=O)C1CC1. The minimum absolute atomic E-state index is 0.128. The fourth-order valence-corrected chi connectivity index (χ4v) is 2.27. The number of carbonyl (C=O) groups is 2. The Kier molecular flexibility index (Phi) is 3.51. The summed E-state index contributed by atoms with van der Waals surface area (Å²) in [5, 5.41) is 13.1. The number of nitriles is 1. The Hall–Kier alpha value is -2.88. The first-order valence-corrected chi connectivity index (χ1v) is 6.92. The van der Waals surface area contributed by atoms with Crippen molar-refractivity contribution < 1.29 is 9.59 Å². The van der Waals surface area contributed by atoms with E-state index in [0.29, 0.717) is 17.1 Å². The molecule has 0 amide bonds. The number of carbonyl (C=O) groups excluding carboxylic acids is 2. The highest BCUT2D eigenvalue weighted by molar-refractivity contribution is 6.14. The highest BCUT2D eigenvalue weighted by atomic mass is 16.2. The molecule has 7 heteroatoms. The summed E-state index contributed by atoms with van der Waals surface area (Å²) in [6.07, 6.45) is 4.42. The summed E-state index contributed by atoms with van der Waals surface area (Å²) >= 11 is 0. The van der Waals surface area contributed by atoms with Crippen molar-refractivity contribution in [2.24, 2.45) is 11.8 Å². The monoisotopic (exact) mass is 295 g/mol. The molecular formula is C15H13N5O2. The van der Waals surface area contributed by atoms with Crippen LogP contribution in [-0.2, 0) is 4.79 Å². The van der Waals surface area contributed by atoms with E-state index < -0.39 is 11.7 Å². The first-order valence-electron chi connectivity index (χ1n) is 6.92. The number of Topliss-reactive ketones (excluding diaryl/α,β-unsaturated/α-hetero) is 2. The van der Waals surface area contributed by atoms with Gasteiger partial charge in [-0.3, -0.25) is 9.59 Å². The molecule has 3 rings (SSSR count). The molecule has 0 N–H and O–H groups in total. The molecule has 7 nitrogen and oxygen atoms in total. The highest BCUT2D eigenvalue weighted by Crippen LogP contribution is 2.33. The lowest BCUT2D eigenvalue weighted by molar-refractivity contribution is -0.121. The molecule has 0 spiro atoms. The van der Waals surface area contributed by atoms with Crippen molar-refractivity contribution in [3.8, 4) is 11.9 Å². The van der Waals surface area contributed by atoms with Gasteiger partial charge in [0.1, 0.15) is 12.7 Å². The Morgan fingerprint density at radius 2 is 2.18 bits per heavy atom. The summed E-state index contributed by atoms with van der Waals surface area (Å²) in [7, 11) is 0. The van der Waals surface area contributed by atoms with Crippen LogP contribution in [0.15, 0.2) is 24.8 Å². The second-order valence-corrected chi connectivity index (χ2v) is 5.25. The smallest absolute Gasteiger partial charge is 0.189 e. The van der Waals surface area contributed by atoms with Gasteiger partial charge in [-0.1, -0.05) is 0 Å². The van der Waals surface area contributed by atoms with Crippen LogP contribution >= 0.6 is 0 Å². The van der Waals surface area contributed by atoms with E-state index in [9.17, 15) is 9.59 Å². The largest absolute Gasteiger partial charge is 0.297 e. The summed E-state index contributed by atoms with van der Waals surface area (Å²) < 4.78 is 1.47. The summed E-state index contributed by atoms with van der Waals surface area (Å²) in [4.78, 5) is 32.6. The molecule has 1 fully saturated rings. The van der Waals surface area contributed by atoms with Gasteiger partial charge in [0, 0.05) is 11.5 Å². The van der Waals surface area contributed by atoms with Crippen LogP contribution in [-0.4, -0.2) is 31.3 Å². The van der Waals surface area contributed by atoms with Gasteiger partial charge in [-0.15, -0.1) is 0 Å². The van der Waals surface area contributed by atoms with Gasteiger partial charge in [0.05, 0.1) is 11.8 Å². The molecule has 1 atom stereocenters. The third-order valence-corrected chi connectivity index (χ3v) is 3.65. The average molecular weight is 295 g/mol. The van der Waals surface area contributed by atoms with Crippen LogP contribution in [0.2, 0.25) is 0 Å². The van der Waals surface area contributed by atoms with Crippen molar-refractivity contribution in [2.45, 2.75) is 19.8 Å². The van der Waals surface area contributed by atoms with Crippen molar-refractivity contribution in [3.05, 3.63) is 36.0 Å². The van der Waals surface area contributed by atoms with Gasteiger partial charge in [0.15, 0.2) is 23.3 Å². The van der Waals surface area contributed by atoms with Crippen LogP contribution in [0.3, 0.4) is 0 Å². The van der Waals surface area contributed by atoms with E-state index in [2.05, 4.69) is 15.1 Å². The van der Waals surface area contributed by atoms with Crippen LogP contribution in [0.1, 0.15) is 28.9 Å². The molecule has 2 aromatic heterocycles. The van der Waals surface area contributed by atoms with E-state index in [0.717, 1.165) is 12.8 Å². The first-order chi connectivity index (χ1) is 10.6. The molecule has 0 saturated heterocycles. The summed E-state index contributed by atoms with van der Waals surface area (Å²) in [6, 6.07) is 5.03. The van der Waals surface area contributed by atoms with Gasteiger partial charge in [-0.2, -0.15) is 10.4 Å². The molecule has 2 aromatic rings. The van der Waals surface area contributed by atoms with Gasteiger partial charge in [0.25, 0.3) is 0 Å². The Morgan fingerprint density at radius 1 is 1.41 bits per heavy atom. The highest BCUT2D eigenvalue weighted by Gasteiger charge is 2.39. The van der Waals surface area contributed by atoms with Gasteiger partial charge in [0.2, 0.25) is 0 Å². The molecule has 1 aliphatic rings. The fraction of sp³-hybridized carbons (Fsp3) is 0.333. The minimum Gasteiger partial charge on any atom is -0.297 e. The summed E-state index contributed by atoms with van der Waals surface area (Å²) in [5.41, 5.74) is 0.756. The fourth-order valence-electron chi connectivity index (χ4n) is 2.27. The van der Waals surface area contributed by atoms with Crippen LogP contribution < -0.4 is 0 Å². The molecule has 1 aliphatic carbocycles. The zero-order valence-corrected chi connectivity index (χ0v) is 11.9. The maximum atomic E-state index is 12.5. The van der Waals surface area contributed by atoms with E-state index >= 15 is 0 Å². The maximum absolute atomic E-state index is 12.5. The third kappa shape index (κ3) is 2.51. The maximum Gasteiger partial charge on any atom is 0.189 e. The number of hydrogen-bond donors (Lipinski definition) is 0. The van der Waals surface area contributed by atoms with Crippen LogP contribution in [0, 0.1) is 30.1 Å². The number of hydrogen-bond acceptors (Lipinski definition) is 6. The van der Waals surface area contributed by atoms with Gasteiger partial charge in [-0.25, -0.2) is 14.6 Å². The Bertz CT molecular complexity index is 772. The predicted molar refractivity (Wildman–Crippen MR) is 75.1 cm³/mol. The molecule has 1 saturated carbocycles. The molecule has 0 bridgehead atoms. The van der Waals surface area contributed by atoms with Crippen LogP contribution in [0.5, 0.6) is 0 Å². The molecule has 22 heavy (non-hydrogen) atoms. The molecule has 0 aromatic carbocycles. The topological polar surface area (TPSA) is 102 Å². The first kappa shape index (κ1) is 14.1. The van der Waals surface area contributed by atoms with E-state index in [1.54, 1.807) is 19.1 Å². The number of aryl methyl sites for hydroxylation is 1. The van der Waals surface area contributed by atoms with Crippen molar-refractivity contribution in [1.82, 2.24) is 19.7 Å². The molecule has 1 unspecified atom stereocenters. The number of aromatic nitrogens is 4. The van der Waals surface area contributed by atoms with E-state index in [4.69, 9.17) is 5.26 Å². The standard InChI is InChI=1S/C15H13N5O2/c1-9-11(4-5-13(19-9)20-8-17-7-18-20)15(22)12(6-16)14(21)10-2-3-10/h4-5,7-8,10,12H,2-3H2,1H3. The normalized spacial score (nSPS) is 15.1. The second kappa shape index (κ2) is 5.48. The van der Waals surface area contributed by atoms with E-state index in [1.165, 1.54) is 17.3 Å². The zero-order chi connectivity index (χ0) is 15.7. The molecule has 110 valence electrons.